The van der Waals surface area contributed by atoms with Crippen LogP contribution in [-0.4, -0.2) is 12.5 Å². The van der Waals surface area contributed by atoms with Crippen LogP contribution in [0.5, 0.6) is 0 Å². The number of nitrogens with zero attached hydrogens (tertiary/aromatic N) is 1. The molecular formula is C15H21N3OS. The van der Waals surface area contributed by atoms with Crippen molar-refractivity contribution < 1.29 is 4.79 Å². The average molecular weight is 291 g/mol. The SMILES string of the molecule is N#Cc1c(NC(=O)CCCCN)sc2c1CCCCC2. The molecule has 0 fully saturated rings. The van der Waals surface area contributed by atoms with Crippen LogP contribution in [0.1, 0.15) is 54.5 Å². The summed E-state index contributed by atoms with van der Waals surface area (Å²) in [6.07, 6.45) is 7.70. The molecule has 3 N–H and O–H groups in total. The van der Waals surface area contributed by atoms with Gasteiger partial charge in [-0.2, -0.15) is 5.26 Å². The first-order valence-electron chi connectivity index (χ1n) is 7.30. The molecule has 0 saturated heterocycles. The third-order valence-electron chi connectivity index (χ3n) is 3.64. The Morgan fingerprint density at radius 3 is 2.85 bits per heavy atom. The van der Waals surface area contributed by atoms with Gasteiger partial charge >= 0.3 is 0 Å². The highest BCUT2D eigenvalue weighted by molar-refractivity contribution is 7.16. The number of nitrogens with one attached hydrogen (secondary N) is 1. The zero-order valence-electron chi connectivity index (χ0n) is 11.7. The van der Waals surface area contributed by atoms with Crippen LogP contribution in [0.25, 0.3) is 0 Å². The highest BCUT2D eigenvalue weighted by atomic mass is 32.1. The summed E-state index contributed by atoms with van der Waals surface area (Å²) in [4.78, 5) is 13.2. The van der Waals surface area contributed by atoms with Gasteiger partial charge in [-0.3, -0.25) is 4.79 Å². The van der Waals surface area contributed by atoms with Gasteiger partial charge in [-0.05, 0) is 50.6 Å². The Balaban J connectivity index is 2.08. The van der Waals surface area contributed by atoms with E-state index in [0.717, 1.165) is 37.1 Å². The Kier molecular flexibility index (Phi) is 5.57. The van der Waals surface area contributed by atoms with Crippen molar-refractivity contribution in [2.24, 2.45) is 5.73 Å². The monoisotopic (exact) mass is 291 g/mol. The van der Waals surface area contributed by atoms with Gasteiger partial charge in [-0.15, -0.1) is 11.3 Å². The molecule has 0 radical (unpaired) electrons. The normalized spacial score (nSPS) is 14.2. The van der Waals surface area contributed by atoms with Crippen LogP contribution in [0.3, 0.4) is 0 Å². The number of nitriles is 1. The highest BCUT2D eigenvalue weighted by Gasteiger charge is 2.20. The Hall–Kier alpha value is -1.38. The number of carbonyl (C=O) groups is 1. The fraction of sp³-hybridized carbons (Fsp3) is 0.600. The molecule has 20 heavy (non-hydrogen) atoms. The second-order valence-corrected chi connectivity index (χ2v) is 6.28. The number of carbonyl (C=O) groups excluding carboxylic acids is 1. The number of anilines is 1. The van der Waals surface area contributed by atoms with E-state index in [1.54, 1.807) is 11.3 Å². The lowest BCUT2D eigenvalue weighted by Crippen LogP contribution is -2.12. The van der Waals surface area contributed by atoms with Gasteiger partial charge < -0.3 is 11.1 Å². The van der Waals surface area contributed by atoms with Gasteiger partial charge in [-0.1, -0.05) is 6.42 Å². The van der Waals surface area contributed by atoms with E-state index in [-0.39, 0.29) is 5.91 Å². The Morgan fingerprint density at radius 2 is 2.10 bits per heavy atom. The van der Waals surface area contributed by atoms with E-state index in [1.165, 1.54) is 23.3 Å². The van der Waals surface area contributed by atoms with E-state index in [2.05, 4.69) is 11.4 Å². The topological polar surface area (TPSA) is 78.9 Å². The van der Waals surface area contributed by atoms with Gasteiger partial charge in [0.15, 0.2) is 0 Å². The molecule has 1 aromatic rings. The first kappa shape index (κ1) is 15.0. The molecule has 0 bridgehead atoms. The Morgan fingerprint density at radius 1 is 1.30 bits per heavy atom. The van der Waals surface area contributed by atoms with E-state index in [0.29, 0.717) is 18.5 Å². The van der Waals surface area contributed by atoms with Gasteiger partial charge in [0.05, 0.1) is 5.56 Å². The predicted molar refractivity (Wildman–Crippen MR) is 81.8 cm³/mol. The first-order chi connectivity index (χ1) is 9.76. The van der Waals surface area contributed by atoms with Crippen LogP contribution in [0.2, 0.25) is 0 Å². The summed E-state index contributed by atoms with van der Waals surface area (Å²) < 4.78 is 0. The smallest absolute Gasteiger partial charge is 0.225 e. The number of amides is 1. The number of nitrogens with two attached hydrogens (primary N) is 1. The van der Waals surface area contributed by atoms with Crippen LogP contribution in [0.4, 0.5) is 5.00 Å². The first-order valence-corrected chi connectivity index (χ1v) is 8.12. The molecule has 1 heterocycles. The molecule has 0 aromatic carbocycles. The van der Waals surface area contributed by atoms with E-state index < -0.39 is 0 Å². The van der Waals surface area contributed by atoms with E-state index >= 15 is 0 Å². The van der Waals surface area contributed by atoms with Crippen molar-refractivity contribution in [1.29, 1.82) is 5.26 Å². The zero-order valence-corrected chi connectivity index (χ0v) is 12.5. The molecule has 0 aliphatic heterocycles. The summed E-state index contributed by atoms with van der Waals surface area (Å²) in [7, 11) is 0. The van der Waals surface area contributed by atoms with E-state index in [1.807, 2.05) is 0 Å². The molecule has 1 aliphatic carbocycles. The average Bonchev–Trinajstić information content (AvgIpc) is 2.60. The molecule has 1 amide bonds. The number of thiophene rings is 1. The maximum Gasteiger partial charge on any atom is 0.225 e. The maximum atomic E-state index is 11.9. The number of rotatable bonds is 5. The molecular weight excluding hydrogens is 270 g/mol. The Bertz CT molecular complexity index is 516. The molecule has 0 saturated carbocycles. The summed E-state index contributed by atoms with van der Waals surface area (Å²) in [6.45, 7) is 0.615. The lowest BCUT2D eigenvalue weighted by atomic mass is 10.1. The van der Waals surface area contributed by atoms with Crippen LogP contribution in [0.15, 0.2) is 0 Å². The predicted octanol–water partition coefficient (Wildman–Crippen LogP) is 2.96. The second-order valence-electron chi connectivity index (χ2n) is 5.17. The third kappa shape index (κ3) is 3.59. The fourth-order valence-electron chi connectivity index (χ4n) is 2.57. The lowest BCUT2D eigenvalue weighted by molar-refractivity contribution is -0.116. The minimum Gasteiger partial charge on any atom is -0.330 e. The number of aryl methyl sites for hydroxylation is 1. The highest BCUT2D eigenvalue weighted by Crippen LogP contribution is 2.37. The fourth-order valence-corrected chi connectivity index (χ4v) is 3.82. The third-order valence-corrected chi connectivity index (χ3v) is 4.85. The lowest BCUT2D eigenvalue weighted by Gasteiger charge is -2.03. The van der Waals surface area contributed by atoms with E-state index in [9.17, 15) is 10.1 Å². The molecule has 0 spiro atoms. The maximum absolute atomic E-state index is 11.9. The molecule has 1 aliphatic rings. The van der Waals surface area contributed by atoms with Gasteiger partial charge in [0.2, 0.25) is 5.91 Å². The van der Waals surface area contributed by atoms with Crippen molar-refractivity contribution in [2.75, 3.05) is 11.9 Å². The van der Waals surface area contributed by atoms with Crippen molar-refractivity contribution in [3.63, 3.8) is 0 Å². The molecule has 0 atom stereocenters. The van der Waals surface area contributed by atoms with Gasteiger partial charge in [0.1, 0.15) is 11.1 Å². The zero-order chi connectivity index (χ0) is 14.4. The minimum atomic E-state index is -0.00800. The van der Waals surface area contributed by atoms with Gasteiger partial charge in [0, 0.05) is 11.3 Å². The molecule has 2 rings (SSSR count). The molecule has 4 nitrogen and oxygen atoms in total. The molecule has 108 valence electrons. The van der Waals surface area contributed by atoms with Crippen molar-refractivity contribution in [3.05, 3.63) is 16.0 Å². The summed E-state index contributed by atoms with van der Waals surface area (Å²) in [5.41, 5.74) is 7.29. The van der Waals surface area contributed by atoms with Crippen LogP contribution in [-0.2, 0) is 17.6 Å². The number of unbranched alkanes of at least 4 members (excludes halogenated alkanes) is 1. The van der Waals surface area contributed by atoms with Gasteiger partial charge in [0.25, 0.3) is 0 Å². The second kappa shape index (κ2) is 7.41. The minimum absolute atomic E-state index is 0.00800. The standard InChI is InChI=1S/C15H21N3OS/c16-9-5-4-8-14(19)18-15-12(10-17)11-6-2-1-3-7-13(11)20-15/h1-9,16H2,(H,18,19). The van der Waals surface area contributed by atoms with Crippen LogP contribution < -0.4 is 11.1 Å². The van der Waals surface area contributed by atoms with E-state index in [4.69, 9.17) is 5.73 Å². The largest absolute Gasteiger partial charge is 0.330 e. The van der Waals surface area contributed by atoms with Crippen molar-refractivity contribution in [3.8, 4) is 6.07 Å². The number of hydrogen-bond acceptors (Lipinski definition) is 4. The number of hydrogen-bond donors (Lipinski definition) is 2. The van der Waals surface area contributed by atoms with Gasteiger partial charge in [-0.25, -0.2) is 0 Å². The van der Waals surface area contributed by atoms with Crippen LogP contribution >= 0.6 is 11.3 Å². The summed E-state index contributed by atoms with van der Waals surface area (Å²) >= 11 is 1.59. The Labute approximate surface area is 124 Å². The molecule has 1 aromatic heterocycles. The number of fused-ring (bicyclic) bond motifs is 1. The van der Waals surface area contributed by atoms with Crippen LogP contribution in [0, 0.1) is 11.3 Å². The van der Waals surface area contributed by atoms with Crippen molar-refractivity contribution in [1.82, 2.24) is 0 Å². The molecule has 0 unspecified atom stereocenters. The summed E-state index contributed by atoms with van der Waals surface area (Å²) in [5.74, 6) is -0.00800. The summed E-state index contributed by atoms with van der Waals surface area (Å²) in [6, 6.07) is 2.28. The quantitative estimate of drug-likeness (QED) is 0.646. The summed E-state index contributed by atoms with van der Waals surface area (Å²) in [5, 5.41) is 13.0. The van der Waals surface area contributed by atoms with Crippen molar-refractivity contribution in [2.45, 2.75) is 51.4 Å². The molecule has 5 heteroatoms. The van der Waals surface area contributed by atoms with Crippen molar-refractivity contribution >= 4 is 22.2 Å².